The first-order chi connectivity index (χ1) is 11.0. The van der Waals surface area contributed by atoms with E-state index in [2.05, 4.69) is 4.98 Å². The summed E-state index contributed by atoms with van der Waals surface area (Å²) in [5.74, 6) is -0.549. The molecule has 6 nitrogen and oxygen atoms in total. The summed E-state index contributed by atoms with van der Waals surface area (Å²) in [5, 5.41) is 0.358. The monoisotopic (exact) mass is 425 g/mol. The van der Waals surface area contributed by atoms with E-state index >= 15 is 0 Å². The highest BCUT2D eigenvalue weighted by atomic mass is 127. The third kappa shape index (κ3) is 1.90. The van der Waals surface area contributed by atoms with Gasteiger partial charge in [-0.2, -0.15) is 0 Å². The number of pyridine rings is 1. The van der Waals surface area contributed by atoms with Crippen molar-refractivity contribution in [2.24, 2.45) is 7.05 Å². The Morgan fingerprint density at radius 2 is 2.04 bits per heavy atom. The lowest BCUT2D eigenvalue weighted by atomic mass is 10.3. The summed E-state index contributed by atoms with van der Waals surface area (Å²) in [4.78, 5) is 27.5. The van der Waals surface area contributed by atoms with Crippen LogP contribution in [-0.2, 0) is 7.05 Å². The average molecular weight is 425 g/mol. The largest absolute Gasteiger partial charge is 0.462 e. The van der Waals surface area contributed by atoms with Crippen molar-refractivity contribution in [2.75, 3.05) is 0 Å². The average Bonchev–Trinajstić information content (AvgIpc) is 3.10. The summed E-state index contributed by atoms with van der Waals surface area (Å²) in [6.07, 6.45) is 1.38. The maximum atomic E-state index is 14.3. The number of aryl methyl sites for hydroxylation is 1. The van der Waals surface area contributed by atoms with Crippen molar-refractivity contribution in [3.05, 3.63) is 60.8 Å². The second kappa shape index (κ2) is 4.82. The van der Waals surface area contributed by atoms with Gasteiger partial charge in [-0.1, -0.05) is 0 Å². The van der Waals surface area contributed by atoms with Crippen LogP contribution in [0.5, 0.6) is 0 Å². The van der Waals surface area contributed by atoms with Crippen LogP contribution in [0.4, 0.5) is 4.39 Å². The molecule has 0 aliphatic heterocycles. The SMILES string of the molecule is Cn1c(=O)c2ccoc2c2[nH]c(=O)n(-c3ccc(I)cc3F)c21. The molecule has 116 valence electrons. The van der Waals surface area contributed by atoms with Gasteiger partial charge in [-0.25, -0.2) is 13.8 Å². The molecule has 1 aromatic carbocycles. The molecule has 0 unspecified atom stereocenters. The standard InChI is InChI=1S/C15H9FIN3O3/c1-19-13-11(12-8(14(19)21)4-5-23-12)18-15(22)20(13)10-3-2-7(17)6-9(10)16/h2-6H,1H3,(H,18,22). The van der Waals surface area contributed by atoms with Gasteiger partial charge in [-0.05, 0) is 46.9 Å². The third-order valence-electron chi connectivity index (χ3n) is 3.77. The Balaban J connectivity index is 2.24. The van der Waals surface area contributed by atoms with E-state index in [-0.39, 0.29) is 22.5 Å². The number of H-pyrrole nitrogens is 1. The van der Waals surface area contributed by atoms with Gasteiger partial charge in [-0.15, -0.1) is 0 Å². The minimum atomic E-state index is -0.549. The summed E-state index contributed by atoms with van der Waals surface area (Å²) in [6.45, 7) is 0. The molecule has 0 radical (unpaired) electrons. The highest BCUT2D eigenvalue weighted by Crippen LogP contribution is 2.24. The summed E-state index contributed by atoms with van der Waals surface area (Å²) < 4.78 is 22.8. The molecule has 23 heavy (non-hydrogen) atoms. The van der Waals surface area contributed by atoms with Crippen LogP contribution in [-0.4, -0.2) is 14.1 Å². The first kappa shape index (κ1) is 14.2. The first-order valence-corrected chi connectivity index (χ1v) is 7.73. The second-order valence-corrected chi connectivity index (χ2v) is 6.33. The molecule has 4 rings (SSSR count). The van der Waals surface area contributed by atoms with Crippen LogP contribution in [0.25, 0.3) is 27.8 Å². The number of aromatic amines is 1. The predicted molar refractivity (Wildman–Crippen MR) is 91.6 cm³/mol. The minimum Gasteiger partial charge on any atom is -0.462 e. The molecule has 0 fully saturated rings. The Labute approximate surface area is 141 Å². The predicted octanol–water partition coefficient (Wildman–Crippen LogP) is 2.51. The fourth-order valence-electron chi connectivity index (χ4n) is 2.74. The maximum Gasteiger partial charge on any atom is 0.332 e. The molecule has 4 aromatic rings. The lowest BCUT2D eigenvalue weighted by molar-refractivity contribution is 0.615. The van der Waals surface area contributed by atoms with E-state index in [4.69, 9.17) is 4.42 Å². The number of nitrogens with zero attached hydrogens (tertiary/aromatic N) is 2. The summed E-state index contributed by atoms with van der Waals surface area (Å²) in [5.41, 5.74) is 0.101. The lowest BCUT2D eigenvalue weighted by Crippen LogP contribution is -2.22. The van der Waals surface area contributed by atoms with Crippen LogP contribution in [0.2, 0.25) is 0 Å². The Morgan fingerprint density at radius 3 is 2.78 bits per heavy atom. The van der Waals surface area contributed by atoms with Gasteiger partial charge in [0.25, 0.3) is 5.56 Å². The van der Waals surface area contributed by atoms with Crippen LogP contribution in [0.1, 0.15) is 0 Å². The van der Waals surface area contributed by atoms with E-state index in [1.807, 2.05) is 22.6 Å². The number of rotatable bonds is 1. The van der Waals surface area contributed by atoms with Gasteiger partial charge in [0.2, 0.25) is 0 Å². The number of halogens is 2. The van der Waals surface area contributed by atoms with Crippen molar-refractivity contribution in [1.82, 2.24) is 14.1 Å². The molecule has 0 spiro atoms. The number of furan rings is 1. The zero-order valence-corrected chi connectivity index (χ0v) is 13.9. The zero-order valence-electron chi connectivity index (χ0n) is 11.8. The fraction of sp³-hybridized carbons (Fsp3) is 0.0667. The third-order valence-corrected chi connectivity index (χ3v) is 4.44. The Hall–Kier alpha value is -2.36. The van der Waals surface area contributed by atoms with Crippen molar-refractivity contribution in [2.45, 2.75) is 0 Å². The van der Waals surface area contributed by atoms with Gasteiger partial charge >= 0.3 is 5.69 Å². The van der Waals surface area contributed by atoms with Crippen molar-refractivity contribution in [1.29, 1.82) is 0 Å². The smallest absolute Gasteiger partial charge is 0.332 e. The second-order valence-electron chi connectivity index (χ2n) is 5.09. The zero-order chi connectivity index (χ0) is 16.3. The number of benzene rings is 1. The van der Waals surface area contributed by atoms with Crippen molar-refractivity contribution < 1.29 is 8.81 Å². The lowest BCUT2D eigenvalue weighted by Gasteiger charge is -2.08. The summed E-state index contributed by atoms with van der Waals surface area (Å²) in [7, 11) is 1.53. The van der Waals surface area contributed by atoms with Crippen LogP contribution in [0.15, 0.2) is 44.5 Å². The number of hydrogen-bond acceptors (Lipinski definition) is 3. The molecule has 3 aromatic heterocycles. The number of imidazole rings is 1. The van der Waals surface area contributed by atoms with Gasteiger partial charge < -0.3 is 9.40 Å². The molecule has 1 N–H and O–H groups in total. The highest BCUT2D eigenvalue weighted by Gasteiger charge is 2.20. The van der Waals surface area contributed by atoms with Crippen molar-refractivity contribution in [3.8, 4) is 5.69 Å². The van der Waals surface area contributed by atoms with Crippen molar-refractivity contribution in [3.63, 3.8) is 0 Å². The van der Waals surface area contributed by atoms with Crippen LogP contribution >= 0.6 is 22.6 Å². The van der Waals surface area contributed by atoms with Gasteiger partial charge in [0.1, 0.15) is 11.3 Å². The van der Waals surface area contributed by atoms with E-state index in [9.17, 15) is 14.0 Å². The Bertz CT molecular complexity index is 1200. The normalized spacial score (nSPS) is 11.6. The molecule has 8 heteroatoms. The van der Waals surface area contributed by atoms with Crippen LogP contribution in [0, 0.1) is 9.39 Å². The molecule has 0 bridgehead atoms. The van der Waals surface area contributed by atoms with Crippen LogP contribution in [0.3, 0.4) is 0 Å². The molecule has 0 aliphatic rings. The van der Waals surface area contributed by atoms with E-state index in [1.165, 1.54) is 36.1 Å². The van der Waals surface area contributed by atoms with E-state index < -0.39 is 11.5 Å². The molecule has 0 saturated carbocycles. The Kier molecular flexibility index (Phi) is 2.98. The van der Waals surface area contributed by atoms with E-state index in [1.54, 1.807) is 6.07 Å². The van der Waals surface area contributed by atoms with E-state index in [0.717, 1.165) is 4.57 Å². The number of hydrogen-bond donors (Lipinski definition) is 1. The minimum absolute atomic E-state index is 0.0718. The molecule has 3 heterocycles. The quantitative estimate of drug-likeness (QED) is 0.477. The molecule has 0 atom stereocenters. The summed E-state index contributed by atoms with van der Waals surface area (Å²) in [6, 6.07) is 6.05. The highest BCUT2D eigenvalue weighted by molar-refractivity contribution is 14.1. The Morgan fingerprint density at radius 1 is 1.26 bits per heavy atom. The van der Waals surface area contributed by atoms with Crippen molar-refractivity contribution >= 4 is 44.7 Å². The molecule has 0 amide bonds. The maximum absolute atomic E-state index is 14.3. The molecule has 0 aliphatic carbocycles. The number of nitrogens with one attached hydrogen (secondary N) is 1. The molecular formula is C15H9FIN3O3. The number of fused-ring (bicyclic) bond motifs is 3. The van der Waals surface area contributed by atoms with Gasteiger partial charge in [0, 0.05) is 10.6 Å². The summed E-state index contributed by atoms with van der Waals surface area (Å²) >= 11 is 1.98. The van der Waals surface area contributed by atoms with Gasteiger partial charge in [0.15, 0.2) is 11.2 Å². The van der Waals surface area contributed by atoms with Gasteiger partial charge in [0.05, 0.1) is 17.3 Å². The first-order valence-electron chi connectivity index (χ1n) is 6.65. The number of aromatic nitrogens is 3. The van der Waals surface area contributed by atoms with E-state index in [0.29, 0.717) is 14.5 Å². The van der Waals surface area contributed by atoms with Crippen LogP contribution < -0.4 is 11.2 Å². The molecule has 0 saturated heterocycles. The van der Waals surface area contributed by atoms with Gasteiger partial charge in [-0.3, -0.25) is 9.36 Å². The fourth-order valence-corrected chi connectivity index (χ4v) is 3.19. The molecular weight excluding hydrogens is 416 g/mol. The topological polar surface area (TPSA) is 72.9 Å².